The van der Waals surface area contributed by atoms with Crippen LogP contribution in [0.25, 0.3) is 22.2 Å². The molecule has 3 aromatic rings. The van der Waals surface area contributed by atoms with E-state index in [0.717, 1.165) is 10.9 Å². The van der Waals surface area contributed by atoms with E-state index in [9.17, 15) is 4.39 Å². The number of halogens is 1. The van der Waals surface area contributed by atoms with E-state index in [1.807, 2.05) is 18.2 Å². The van der Waals surface area contributed by atoms with Crippen molar-refractivity contribution in [3.8, 4) is 11.5 Å². The van der Waals surface area contributed by atoms with E-state index >= 15 is 0 Å². The Labute approximate surface area is 121 Å². The summed E-state index contributed by atoms with van der Waals surface area (Å²) < 4.78 is 19.2. The SMILES string of the molecule is Fc1ccc(-c2nc(CNC3CC3)no2)c2ccccc12. The van der Waals surface area contributed by atoms with Gasteiger partial charge in [0, 0.05) is 17.0 Å². The molecule has 0 atom stereocenters. The predicted molar refractivity (Wildman–Crippen MR) is 77.1 cm³/mol. The second-order valence-electron chi connectivity index (χ2n) is 5.31. The van der Waals surface area contributed by atoms with Crippen LogP contribution in [0.3, 0.4) is 0 Å². The van der Waals surface area contributed by atoms with Crippen LogP contribution in [0.1, 0.15) is 18.7 Å². The zero-order chi connectivity index (χ0) is 14.2. The number of nitrogens with one attached hydrogen (secondary N) is 1. The molecule has 0 radical (unpaired) electrons. The number of hydrogen-bond acceptors (Lipinski definition) is 4. The van der Waals surface area contributed by atoms with Gasteiger partial charge in [-0.1, -0.05) is 29.4 Å². The Hall–Kier alpha value is -2.27. The number of nitrogens with zero attached hydrogens (tertiary/aromatic N) is 2. The van der Waals surface area contributed by atoms with Crippen molar-refractivity contribution in [1.29, 1.82) is 0 Å². The number of rotatable bonds is 4. The Morgan fingerprint density at radius 1 is 1.14 bits per heavy atom. The molecule has 0 spiro atoms. The molecule has 2 aromatic carbocycles. The summed E-state index contributed by atoms with van der Waals surface area (Å²) in [6.07, 6.45) is 2.43. The van der Waals surface area contributed by atoms with Crippen LogP contribution >= 0.6 is 0 Å². The first-order valence-corrected chi connectivity index (χ1v) is 7.05. The zero-order valence-corrected chi connectivity index (χ0v) is 11.3. The van der Waals surface area contributed by atoms with Gasteiger partial charge >= 0.3 is 0 Å². The summed E-state index contributed by atoms with van der Waals surface area (Å²) in [5.41, 5.74) is 0.761. The van der Waals surface area contributed by atoms with Crippen LogP contribution in [-0.4, -0.2) is 16.2 Å². The lowest BCUT2D eigenvalue weighted by molar-refractivity contribution is 0.419. The number of aromatic nitrogens is 2. The monoisotopic (exact) mass is 283 g/mol. The van der Waals surface area contributed by atoms with E-state index in [1.165, 1.54) is 18.9 Å². The molecule has 0 saturated heterocycles. The van der Waals surface area contributed by atoms with Gasteiger partial charge in [-0.15, -0.1) is 0 Å². The van der Waals surface area contributed by atoms with Gasteiger partial charge in [0.25, 0.3) is 5.89 Å². The largest absolute Gasteiger partial charge is 0.334 e. The molecule has 1 aliphatic carbocycles. The molecule has 1 aromatic heterocycles. The highest BCUT2D eigenvalue weighted by atomic mass is 19.1. The van der Waals surface area contributed by atoms with Crippen molar-refractivity contribution in [2.24, 2.45) is 0 Å². The minimum Gasteiger partial charge on any atom is -0.334 e. The van der Waals surface area contributed by atoms with E-state index in [4.69, 9.17) is 4.52 Å². The van der Waals surface area contributed by atoms with Crippen molar-refractivity contribution in [3.63, 3.8) is 0 Å². The second-order valence-corrected chi connectivity index (χ2v) is 5.31. The third-order valence-electron chi connectivity index (χ3n) is 3.70. The second kappa shape index (κ2) is 4.93. The van der Waals surface area contributed by atoms with Gasteiger partial charge < -0.3 is 9.84 Å². The Bertz CT molecular complexity index is 795. The molecule has 1 N–H and O–H groups in total. The standard InChI is InChI=1S/C16H14FN3O/c17-14-8-7-13(11-3-1-2-4-12(11)14)16-19-15(20-21-16)9-18-10-5-6-10/h1-4,7-8,10,18H,5-6,9H2. The van der Waals surface area contributed by atoms with Crippen LogP contribution < -0.4 is 5.32 Å². The van der Waals surface area contributed by atoms with Crippen LogP contribution in [-0.2, 0) is 6.54 Å². The molecule has 1 aliphatic rings. The van der Waals surface area contributed by atoms with Gasteiger partial charge in [-0.25, -0.2) is 4.39 Å². The smallest absolute Gasteiger partial charge is 0.258 e. The highest BCUT2D eigenvalue weighted by molar-refractivity contribution is 5.95. The van der Waals surface area contributed by atoms with Gasteiger partial charge in [-0.2, -0.15) is 4.98 Å². The zero-order valence-electron chi connectivity index (χ0n) is 11.3. The third-order valence-corrected chi connectivity index (χ3v) is 3.70. The van der Waals surface area contributed by atoms with E-state index in [1.54, 1.807) is 12.1 Å². The Balaban J connectivity index is 1.70. The first-order valence-electron chi connectivity index (χ1n) is 7.05. The van der Waals surface area contributed by atoms with Gasteiger partial charge in [-0.05, 0) is 30.4 Å². The van der Waals surface area contributed by atoms with Gasteiger partial charge in [0.2, 0.25) is 0 Å². The van der Waals surface area contributed by atoms with Crippen LogP contribution in [0, 0.1) is 5.82 Å². The quantitative estimate of drug-likeness (QED) is 0.798. The molecule has 1 heterocycles. The maximum atomic E-state index is 13.8. The molecule has 106 valence electrons. The fourth-order valence-electron chi connectivity index (χ4n) is 2.41. The molecule has 5 heteroatoms. The Morgan fingerprint density at radius 3 is 2.76 bits per heavy atom. The minimum absolute atomic E-state index is 0.246. The van der Waals surface area contributed by atoms with Crippen molar-refractivity contribution in [1.82, 2.24) is 15.5 Å². The van der Waals surface area contributed by atoms with Gasteiger partial charge in [-0.3, -0.25) is 0 Å². The van der Waals surface area contributed by atoms with Gasteiger partial charge in [0.15, 0.2) is 5.82 Å². The van der Waals surface area contributed by atoms with Crippen LogP contribution in [0.15, 0.2) is 40.9 Å². The van der Waals surface area contributed by atoms with E-state index < -0.39 is 0 Å². The summed E-state index contributed by atoms with van der Waals surface area (Å²) in [4.78, 5) is 4.40. The predicted octanol–water partition coefficient (Wildman–Crippen LogP) is 3.28. The molecule has 0 amide bonds. The van der Waals surface area contributed by atoms with Crippen molar-refractivity contribution in [2.45, 2.75) is 25.4 Å². The molecule has 4 nitrogen and oxygen atoms in total. The third kappa shape index (κ3) is 2.40. The molecule has 0 aliphatic heterocycles. The summed E-state index contributed by atoms with van der Waals surface area (Å²) in [5.74, 6) is 0.814. The molecular weight excluding hydrogens is 269 g/mol. The molecule has 21 heavy (non-hydrogen) atoms. The number of fused-ring (bicyclic) bond motifs is 1. The van der Waals surface area contributed by atoms with E-state index in [0.29, 0.717) is 29.7 Å². The molecule has 4 rings (SSSR count). The fourth-order valence-corrected chi connectivity index (χ4v) is 2.41. The van der Waals surface area contributed by atoms with Crippen molar-refractivity contribution >= 4 is 10.8 Å². The first-order chi connectivity index (χ1) is 10.3. The first kappa shape index (κ1) is 12.5. The summed E-state index contributed by atoms with van der Waals surface area (Å²) in [7, 11) is 0. The maximum Gasteiger partial charge on any atom is 0.258 e. The molecule has 1 saturated carbocycles. The van der Waals surface area contributed by atoms with Crippen molar-refractivity contribution < 1.29 is 8.91 Å². The fraction of sp³-hybridized carbons (Fsp3) is 0.250. The minimum atomic E-state index is -0.246. The van der Waals surface area contributed by atoms with Crippen LogP contribution in [0.4, 0.5) is 4.39 Å². The lowest BCUT2D eigenvalue weighted by Crippen LogP contribution is -2.16. The molecule has 0 bridgehead atoms. The molecular formula is C16H14FN3O. The summed E-state index contributed by atoms with van der Waals surface area (Å²) in [6, 6.07) is 11.0. The lowest BCUT2D eigenvalue weighted by Gasteiger charge is -2.03. The van der Waals surface area contributed by atoms with Crippen molar-refractivity contribution in [3.05, 3.63) is 48.0 Å². The van der Waals surface area contributed by atoms with Crippen molar-refractivity contribution in [2.75, 3.05) is 0 Å². The summed E-state index contributed by atoms with van der Waals surface area (Å²) in [6.45, 7) is 0.604. The molecule has 0 unspecified atom stereocenters. The summed E-state index contributed by atoms with van der Waals surface area (Å²) in [5, 5.41) is 8.66. The highest BCUT2D eigenvalue weighted by Gasteiger charge is 2.21. The highest BCUT2D eigenvalue weighted by Crippen LogP contribution is 2.29. The van der Waals surface area contributed by atoms with Crippen LogP contribution in [0.2, 0.25) is 0 Å². The van der Waals surface area contributed by atoms with Gasteiger partial charge in [0.1, 0.15) is 5.82 Å². The summed E-state index contributed by atoms with van der Waals surface area (Å²) >= 11 is 0. The van der Waals surface area contributed by atoms with E-state index in [2.05, 4.69) is 15.5 Å². The average molecular weight is 283 g/mol. The Morgan fingerprint density at radius 2 is 1.95 bits per heavy atom. The average Bonchev–Trinajstić information content (AvgIpc) is 3.23. The van der Waals surface area contributed by atoms with Crippen LogP contribution in [0.5, 0.6) is 0 Å². The lowest BCUT2D eigenvalue weighted by atomic mass is 10.0. The normalized spacial score (nSPS) is 14.7. The Kier molecular flexibility index (Phi) is 2.93. The molecule has 1 fully saturated rings. The number of benzene rings is 2. The van der Waals surface area contributed by atoms with E-state index in [-0.39, 0.29) is 5.82 Å². The topological polar surface area (TPSA) is 51.0 Å². The van der Waals surface area contributed by atoms with Gasteiger partial charge in [0.05, 0.1) is 6.54 Å². The maximum absolute atomic E-state index is 13.8. The number of hydrogen-bond donors (Lipinski definition) is 1.